The van der Waals surface area contributed by atoms with E-state index >= 15 is 0 Å². The van der Waals surface area contributed by atoms with E-state index in [9.17, 15) is 4.79 Å². The molecule has 5 nitrogen and oxygen atoms in total. The maximum Gasteiger partial charge on any atom is 0.407 e. The van der Waals surface area contributed by atoms with Crippen LogP contribution in [0.5, 0.6) is 0 Å². The van der Waals surface area contributed by atoms with Crippen LogP contribution in [0.2, 0.25) is 18.1 Å². The summed E-state index contributed by atoms with van der Waals surface area (Å²) < 4.78 is 16.6. The van der Waals surface area contributed by atoms with Crippen molar-refractivity contribution in [3.63, 3.8) is 0 Å². The van der Waals surface area contributed by atoms with Gasteiger partial charge in [0.1, 0.15) is 5.60 Å². The van der Waals surface area contributed by atoms with Gasteiger partial charge in [-0.1, -0.05) is 20.8 Å². The quantitative estimate of drug-likeness (QED) is 0.576. The van der Waals surface area contributed by atoms with Gasteiger partial charge in [0.25, 0.3) is 0 Å². The third kappa shape index (κ3) is 9.87. The average molecular weight is 320 g/mol. The fraction of sp³-hybridized carbons (Fsp3) is 0.933. The number of nitrogens with one attached hydrogen (secondary N) is 1. The Hall–Kier alpha value is -0.593. The summed E-state index contributed by atoms with van der Waals surface area (Å²) in [5.41, 5.74) is -0.470. The van der Waals surface area contributed by atoms with Crippen molar-refractivity contribution in [2.24, 2.45) is 0 Å². The second-order valence-electron chi connectivity index (χ2n) is 7.65. The second kappa shape index (κ2) is 8.15. The molecule has 1 N–H and O–H groups in total. The number of hydrogen-bond donors (Lipinski definition) is 1. The standard InChI is InChI=1S/C15H33NO4Si/c1-14(2,3)20-13(17)16-9-10-18-11-12-19-21(7,8)15(4,5)6/h9-12H2,1-8H3,(H,16,17). The molecule has 0 spiro atoms. The van der Waals surface area contributed by atoms with Crippen LogP contribution in [0.3, 0.4) is 0 Å². The summed E-state index contributed by atoms with van der Waals surface area (Å²) in [6, 6.07) is 0. The number of alkyl carbamates (subject to hydrolysis) is 1. The molecule has 0 bridgehead atoms. The highest BCUT2D eigenvalue weighted by Gasteiger charge is 2.36. The Kier molecular flexibility index (Phi) is 7.92. The van der Waals surface area contributed by atoms with Crippen molar-refractivity contribution < 1.29 is 18.7 Å². The first kappa shape index (κ1) is 20.4. The van der Waals surface area contributed by atoms with Gasteiger partial charge < -0.3 is 19.2 Å². The first-order valence-corrected chi connectivity index (χ1v) is 10.4. The van der Waals surface area contributed by atoms with E-state index in [1.807, 2.05) is 20.8 Å². The van der Waals surface area contributed by atoms with Crippen LogP contribution in [-0.4, -0.2) is 46.4 Å². The maximum atomic E-state index is 11.4. The highest BCUT2D eigenvalue weighted by Crippen LogP contribution is 2.36. The van der Waals surface area contributed by atoms with Gasteiger partial charge in [-0.05, 0) is 38.9 Å². The van der Waals surface area contributed by atoms with Gasteiger partial charge in [-0.15, -0.1) is 0 Å². The fourth-order valence-corrected chi connectivity index (χ4v) is 2.24. The van der Waals surface area contributed by atoms with Crippen molar-refractivity contribution in [2.45, 2.75) is 65.3 Å². The number of carbonyl (C=O) groups is 1. The SMILES string of the molecule is CC(C)(C)OC(=O)NCCOCCO[Si](C)(C)C(C)(C)C. The Balaban J connectivity index is 3.64. The molecule has 0 heterocycles. The molecule has 0 aliphatic rings. The molecule has 0 aromatic carbocycles. The minimum absolute atomic E-state index is 0.214. The van der Waals surface area contributed by atoms with Crippen molar-refractivity contribution in [1.82, 2.24) is 5.32 Å². The Morgan fingerprint density at radius 3 is 2.05 bits per heavy atom. The lowest BCUT2D eigenvalue weighted by atomic mass is 10.2. The van der Waals surface area contributed by atoms with E-state index in [0.717, 1.165) is 0 Å². The summed E-state index contributed by atoms with van der Waals surface area (Å²) in [5.74, 6) is 0. The van der Waals surface area contributed by atoms with Crippen molar-refractivity contribution in [2.75, 3.05) is 26.4 Å². The maximum absolute atomic E-state index is 11.4. The number of rotatable bonds is 7. The molecule has 0 fully saturated rings. The number of hydrogen-bond acceptors (Lipinski definition) is 4. The Morgan fingerprint density at radius 2 is 1.57 bits per heavy atom. The minimum Gasteiger partial charge on any atom is -0.444 e. The highest BCUT2D eigenvalue weighted by molar-refractivity contribution is 6.74. The molecule has 126 valence electrons. The molecule has 21 heavy (non-hydrogen) atoms. The van der Waals surface area contributed by atoms with E-state index in [0.29, 0.717) is 26.4 Å². The predicted octanol–water partition coefficient (Wildman–Crippen LogP) is 3.55. The lowest BCUT2D eigenvalue weighted by molar-refractivity contribution is 0.0486. The normalized spacial score (nSPS) is 13.1. The Labute approximate surface area is 130 Å². The summed E-state index contributed by atoms with van der Waals surface area (Å²) in [6.45, 7) is 18.6. The third-order valence-electron chi connectivity index (χ3n) is 3.41. The van der Waals surface area contributed by atoms with Crippen molar-refractivity contribution in [3.8, 4) is 0 Å². The van der Waals surface area contributed by atoms with Gasteiger partial charge in [0, 0.05) is 6.54 Å². The van der Waals surface area contributed by atoms with Crippen molar-refractivity contribution in [3.05, 3.63) is 0 Å². The van der Waals surface area contributed by atoms with Crippen LogP contribution in [0, 0.1) is 0 Å². The zero-order chi connectivity index (χ0) is 16.7. The molecule has 0 saturated carbocycles. The van der Waals surface area contributed by atoms with Crippen molar-refractivity contribution in [1.29, 1.82) is 0 Å². The molecule has 0 saturated heterocycles. The van der Waals surface area contributed by atoms with Gasteiger partial charge >= 0.3 is 6.09 Å². The smallest absolute Gasteiger partial charge is 0.407 e. The van der Waals surface area contributed by atoms with Crippen molar-refractivity contribution >= 4 is 14.4 Å². The van der Waals surface area contributed by atoms with E-state index in [-0.39, 0.29) is 5.04 Å². The average Bonchev–Trinajstić information content (AvgIpc) is 2.23. The third-order valence-corrected chi connectivity index (χ3v) is 7.95. The number of amides is 1. The highest BCUT2D eigenvalue weighted by atomic mass is 28.4. The van der Waals surface area contributed by atoms with Gasteiger partial charge in [0.05, 0.1) is 19.8 Å². The van der Waals surface area contributed by atoms with Gasteiger partial charge in [-0.2, -0.15) is 0 Å². The molecule has 1 amide bonds. The molecule has 6 heteroatoms. The molecule has 0 rings (SSSR count). The topological polar surface area (TPSA) is 56.8 Å². The molecular weight excluding hydrogens is 286 g/mol. The zero-order valence-corrected chi connectivity index (χ0v) is 16.0. The molecule has 0 aromatic rings. The van der Waals surface area contributed by atoms with Crippen LogP contribution < -0.4 is 5.32 Å². The first-order chi connectivity index (χ1) is 9.35. The van der Waals surface area contributed by atoms with Gasteiger partial charge in [-0.25, -0.2) is 4.79 Å². The van der Waals surface area contributed by atoms with E-state index in [4.69, 9.17) is 13.9 Å². The minimum atomic E-state index is -1.69. The molecule has 0 aliphatic carbocycles. The number of carbonyl (C=O) groups excluding carboxylic acids is 1. The summed E-state index contributed by atoms with van der Waals surface area (Å²) in [5, 5.41) is 2.87. The predicted molar refractivity (Wildman–Crippen MR) is 88.2 cm³/mol. The molecule has 0 atom stereocenters. The fourth-order valence-electron chi connectivity index (χ4n) is 1.21. The summed E-state index contributed by atoms with van der Waals surface area (Å²) >= 11 is 0. The van der Waals surface area contributed by atoms with Crippen LogP contribution in [0.15, 0.2) is 0 Å². The second-order valence-corrected chi connectivity index (χ2v) is 12.5. The lowest BCUT2D eigenvalue weighted by Crippen LogP contribution is -2.41. The monoisotopic (exact) mass is 319 g/mol. The van der Waals surface area contributed by atoms with E-state index < -0.39 is 20.0 Å². The molecule has 0 radical (unpaired) electrons. The molecule has 0 aromatic heterocycles. The van der Waals surface area contributed by atoms with Crippen LogP contribution >= 0.6 is 0 Å². The molecular formula is C15H33NO4Si. The Morgan fingerprint density at radius 1 is 1.00 bits per heavy atom. The van der Waals surface area contributed by atoms with Gasteiger partial charge in [-0.3, -0.25) is 0 Å². The van der Waals surface area contributed by atoms with Crippen LogP contribution in [-0.2, 0) is 13.9 Å². The summed E-state index contributed by atoms with van der Waals surface area (Å²) in [4.78, 5) is 11.4. The molecule has 0 aliphatic heterocycles. The Bertz CT molecular complexity index is 319. The zero-order valence-electron chi connectivity index (χ0n) is 15.0. The lowest BCUT2D eigenvalue weighted by Gasteiger charge is -2.36. The summed E-state index contributed by atoms with van der Waals surface area (Å²) in [6.07, 6.45) is -0.413. The summed E-state index contributed by atoms with van der Waals surface area (Å²) in [7, 11) is -1.69. The van der Waals surface area contributed by atoms with E-state index in [1.165, 1.54) is 0 Å². The van der Waals surface area contributed by atoms with E-state index in [1.54, 1.807) is 0 Å². The van der Waals surface area contributed by atoms with Gasteiger partial charge in [0.2, 0.25) is 0 Å². The molecule has 0 unspecified atom stereocenters. The van der Waals surface area contributed by atoms with Gasteiger partial charge in [0.15, 0.2) is 8.32 Å². The van der Waals surface area contributed by atoms with Crippen LogP contribution in [0.1, 0.15) is 41.5 Å². The van der Waals surface area contributed by atoms with Crippen LogP contribution in [0.25, 0.3) is 0 Å². The number of ether oxygens (including phenoxy) is 2. The van der Waals surface area contributed by atoms with E-state index in [2.05, 4.69) is 39.2 Å². The first-order valence-electron chi connectivity index (χ1n) is 7.54. The van der Waals surface area contributed by atoms with Crippen LogP contribution in [0.4, 0.5) is 4.79 Å². The largest absolute Gasteiger partial charge is 0.444 e.